The number of rotatable bonds is 4. The zero-order valence-corrected chi connectivity index (χ0v) is 17.4. The predicted molar refractivity (Wildman–Crippen MR) is 118 cm³/mol. The normalized spacial score (nSPS) is 19.0. The van der Waals surface area contributed by atoms with Gasteiger partial charge in [-0.3, -0.25) is 9.59 Å². The highest BCUT2D eigenvalue weighted by Crippen LogP contribution is 2.33. The minimum atomic E-state index is -0.872. The molecule has 0 spiro atoms. The number of aryl methyl sites for hydroxylation is 1. The number of nitrogens with zero attached hydrogens (tertiary/aromatic N) is 2. The summed E-state index contributed by atoms with van der Waals surface area (Å²) in [5.74, 6) is 0.521. The van der Waals surface area contributed by atoms with Gasteiger partial charge >= 0.3 is 0 Å². The number of hydrogen-bond acceptors (Lipinski definition) is 3. The first-order valence-corrected chi connectivity index (χ1v) is 11.0. The van der Waals surface area contributed by atoms with Gasteiger partial charge in [-0.05, 0) is 49.4 Å². The molecule has 31 heavy (non-hydrogen) atoms. The largest absolute Gasteiger partial charge is 0.344 e. The molecule has 3 aromatic rings. The van der Waals surface area contributed by atoms with E-state index < -0.39 is 5.54 Å². The Morgan fingerprint density at radius 3 is 2.55 bits per heavy atom. The Hall–Kier alpha value is -3.41. The molecule has 1 aliphatic carbocycles. The molecule has 6 nitrogen and oxygen atoms in total. The fraction of sp³-hybridized carbons (Fsp3) is 0.320. The summed E-state index contributed by atoms with van der Waals surface area (Å²) in [6.07, 6.45) is 8.49. The Kier molecular flexibility index (Phi) is 5.06. The second kappa shape index (κ2) is 8.02. The molecule has 158 valence electrons. The van der Waals surface area contributed by atoms with Crippen LogP contribution in [0.3, 0.4) is 0 Å². The fourth-order valence-electron chi connectivity index (χ4n) is 4.86. The highest BCUT2D eigenvalue weighted by atomic mass is 16.2. The number of fused-ring (bicyclic) bond motifs is 3. The van der Waals surface area contributed by atoms with E-state index >= 15 is 0 Å². The first kappa shape index (κ1) is 19.5. The molecule has 1 aliphatic heterocycles. The maximum Gasteiger partial charge on any atom is 0.252 e. The Morgan fingerprint density at radius 1 is 1.00 bits per heavy atom. The van der Waals surface area contributed by atoms with Crippen molar-refractivity contribution in [3.05, 3.63) is 83.9 Å². The van der Waals surface area contributed by atoms with Crippen molar-refractivity contribution in [2.45, 2.75) is 50.1 Å². The average Bonchev–Trinajstić information content (AvgIpc) is 3.45. The third-order valence-corrected chi connectivity index (χ3v) is 6.52. The van der Waals surface area contributed by atoms with Gasteiger partial charge in [-0.2, -0.15) is 0 Å². The van der Waals surface area contributed by atoms with Crippen LogP contribution in [0, 0.1) is 0 Å². The Morgan fingerprint density at radius 2 is 1.74 bits per heavy atom. The van der Waals surface area contributed by atoms with Crippen LogP contribution in [-0.4, -0.2) is 26.9 Å². The van der Waals surface area contributed by atoms with Gasteiger partial charge in [0.15, 0.2) is 0 Å². The van der Waals surface area contributed by atoms with E-state index in [1.54, 1.807) is 18.3 Å². The summed E-state index contributed by atoms with van der Waals surface area (Å²) in [6.45, 7) is 0. The van der Waals surface area contributed by atoms with Crippen LogP contribution in [0.25, 0.3) is 5.69 Å². The van der Waals surface area contributed by atoms with Crippen LogP contribution in [0.5, 0.6) is 0 Å². The highest BCUT2D eigenvalue weighted by Gasteiger charge is 2.43. The summed E-state index contributed by atoms with van der Waals surface area (Å²) in [5, 5.41) is 6.31. The Bertz CT molecular complexity index is 1100. The molecular formula is C25H26N4O2. The molecule has 2 heterocycles. The molecule has 1 atom stereocenters. The maximum atomic E-state index is 13.6. The summed E-state index contributed by atoms with van der Waals surface area (Å²) in [7, 11) is 0. The van der Waals surface area contributed by atoms with E-state index in [9.17, 15) is 9.59 Å². The third kappa shape index (κ3) is 3.63. The maximum absolute atomic E-state index is 13.6. The lowest BCUT2D eigenvalue weighted by molar-refractivity contribution is -0.128. The fourth-order valence-corrected chi connectivity index (χ4v) is 4.86. The third-order valence-electron chi connectivity index (χ3n) is 6.52. The summed E-state index contributed by atoms with van der Waals surface area (Å²) in [6, 6.07) is 17.2. The lowest BCUT2D eigenvalue weighted by Gasteiger charge is -2.31. The van der Waals surface area contributed by atoms with Crippen LogP contribution in [0.1, 0.15) is 59.9 Å². The van der Waals surface area contributed by atoms with Crippen LogP contribution in [0.15, 0.2) is 67.0 Å². The molecule has 6 heteroatoms. The molecule has 5 rings (SSSR count). The van der Waals surface area contributed by atoms with E-state index in [4.69, 9.17) is 0 Å². The van der Waals surface area contributed by atoms with Crippen molar-refractivity contribution in [3.63, 3.8) is 0 Å². The quantitative estimate of drug-likeness (QED) is 0.683. The van der Waals surface area contributed by atoms with Gasteiger partial charge in [0.25, 0.3) is 5.91 Å². The summed E-state index contributed by atoms with van der Waals surface area (Å²) >= 11 is 0. The molecule has 2 N–H and O–H groups in total. The topological polar surface area (TPSA) is 76.0 Å². The number of nitrogens with one attached hydrogen (secondary N) is 2. The van der Waals surface area contributed by atoms with Gasteiger partial charge in [-0.1, -0.05) is 49.2 Å². The molecule has 1 fully saturated rings. The van der Waals surface area contributed by atoms with E-state index in [0.717, 1.165) is 37.2 Å². The monoisotopic (exact) mass is 414 g/mol. The van der Waals surface area contributed by atoms with Crippen molar-refractivity contribution >= 4 is 11.8 Å². The second-order valence-electron chi connectivity index (χ2n) is 8.46. The van der Waals surface area contributed by atoms with Gasteiger partial charge in [0, 0.05) is 23.6 Å². The van der Waals surface area contributed by atoms with Crippen LogP contribution in [0.2, 0.25) is 0 Å². The number of hydrogen-bond donors (Lipinski definition) is 2. The molecule has 0 bridgehead atoms. The van der Waals surface area contributed by atoms with Crippen molar-refractivity contribution in [2.24, 2.45) is 0 Å². The smallest absolute Gasteiger partial charge is 0.252 e. The van der Waals surface area contributed by atoms with Crippen LogP contribution in [-0.2, 0) is 11.2 Å². The number of aromatic nitrogens is 2. The van der Waals surface area contributed by atoms with Gasteiger partial charge in [0.05, 0.1) is 6.04 Å². The number of carbonyl (C=O) groups excluding carboxylic acids is 2. The molecule has 1 saturated carbocycles. The number of carbonyl (C=O) groups is 2. The standard InChI is InChI=1S/C25H26N4O2/c30-23(19-9-2-1-3-10-19)28-25(14-6-7-15-25)24(31)27-20-13-12-18-8-4-5-11-21(18)29-17-16-26-22(20)29/h1-5,8-11,16-17,20H,6-7,12-15H2,(H,27,31)(H,28,30)/t20-/m1/s1. The zero-order valence-electron chi connectivity index (χ0n) is 17.4. The molecule has 1 aromatic heterocycles. The van der Waals surface area contributed by atoms with Crippen LogP contribution >= 0.6 is 0 Å². The van der Waals surface area contributed by atoms with E-state index in [-0.39, 0.29) is 17.9 Å². The van der Waals surface area contributed by atoms with E-state index in [1.807, 2.05) is 36.5 Å². The zero-order chi connectivity index (χ0) is 21.3. The highest BCUT2D eigenvalue weighted by molar-refractivity contribution is 5.99. The van der Waals surface area contributed by atoms with Crippen molar-refractivity contribution < 1.29 is 9.59 Å². The van der Waals surface area contributed by atoms with Gasteiger partial charge in [-0.25, -0.2) is 4.98 Å². The van der Waals surface area contributed by atoms with E-state index in [2.05, 4.69) is 32.3 Å². The van der Waals surface area contributed by atoms with Crippen molar-refractivity contribution in [3.8, 4) is 5.69 Å². The van der Waals surface area contributed by atoms with Crippen LogP contribution < -0.4 is 10.6 Å². The predicted octanol–water partition coefficient (Wildman–Crippen LogP) is 3.72. The Labute approximate surface area is 181 Å². The summed E-state index contributed by atoms with van der Waals surface area (Å²) < 4.78 is 2.07. The van der Waals surface area contributed by atoms with Gasteiger partial charge in [-0.15, -0.1) is 0 Å². The van der Waals surface area contributed by atoms with Crippen molar-refractivity contribution in [2.75, 3.05) is 0 Å². The number of amides is 2. The number of benzene rings is 2. The van der Waals surface area contributed by atoms with E-state index in [0.29, 0.717) is 18.4 Å². The molecule has 0 radical (unpaired) electrons. The molecule has 2 aromatic carbocycles. The van der Waals surface area contributed by atoms with Gasteiger partial charge < -0.3 is 15.2 Å². The Balaban J connectivity index is 1.39. The summed E-state index contributed by atoms with van der Waals surface area (Å²) in [5.41, 5.74) is 2.05. The minimum absolute atomic E-state index is 0.111. The lowest BCUT2D eigenvalue weighted by atomic mass is 9.94. The van der Waals surface area contributed by atoms with Crippen molar-refractivity contribution in [1.82, 2.24) is 20.2 Å². The SMILES string of the molecule is O=C(NC1(C(=O)N[C@@H]2CCc3ccccc3-n3ccnc32)CCCC1)c1ccccc1. The van der Waals surface area contributed by atoms with Gasteiger partial charge in [0.1, 0.15) is 11.4 Å². The van der Waals surface area contributed by atoms with Crippen LogP contribution in [0.4, 0.5) is 0 Å². The molecule has 0 saturated heterocycles. The van der Waals surface area contributed by atoms with Crippen molar-refractivity contribution in [1.29, 1.82) is 0 Å². The number of para-hydroxylation sites is 1. The molecule has 2 aliphatic rings. The average molecular weight is 415 g/mol. The molecule has 2 amide bonds. The van der Waals surface area contributed by atoms with E-state index in [1.165, 1.54) is 5.56 Å². The summed E-state index contributed by atoms with van der Waals surface area (Å²) in [4.78, 5) is 31.0. The number of imidazole rings is 1. The minimum Gasteiger partial charge on any atom is -0.344 e. The second-order valence-corrected chi connectivity index (χ2v) is 8.46. The molecular weight excluding hydrogens is 388 g/mol. The first-order chi connectivity index (χ1) is 15.2. The first-order valence-electron chi connectivity index (χ1n) is 11.0. The van der Waals surface area contributed by atoms with Gasteiger partial charge in [0.2, 0.25) is 5.91 Å². The lowest BCUT2D eigenvalue weighted by Crippen LogP contribution is -2.57. The molecule has 0 unspecified atom stereocenters.